The number of hydrogen-bond donors (Lipinski definition) is 10. The molecule has 0 bridgehead atoms. The van der Waals surface area contributed by atoms with E-state index < -0.39 is 15.6 Å². The molecule has 17 heavy (non-hydrogen) atoms. The maximum absolute atomic E-state index is 9.63. The van der Waals surface area contributed by atoms with Crippen LogP contribution in [0.2, 0.25) is 0 Å². The van der Waals surface area contributed by atoms with Gasteiger partial charge in [0.2, 0.25) is 0 Å². The summed E-state index contributed by atoms with van der Waals surface area (Å²) >= 11 is 0. The summed E-state index contributed by atoms with van der Waals surface area (Å²) in [6.07, 6.45) is 0. The molecule has 0 aliphatic carbocycles. The minimum atomic E-state index is -5.05. The van der Waals surface area contributed by atoms with Gasteiger partial charge in [-0.15, -0.1) is 0 Å². The highest BCUT2D eigenvalue weighted by Crippen LogP contribution is 2.53. The minimum Gasteiger partial charge on any atom is -0.370 e. The molecule has 0 aromatic rings. The average molecular weight is 296 g/mol. The Morgan fingerprint density at radius 2 is 0.941 bits per heavy atom. The van der Waals surface area contributed by atoms with Gasteiger partial charge >= 0.3 is 15.6 Å². The van der Waals surface area contributed by atoms with Gasteiger partial charge in [0.15, 0.2) is 11.9 Å². The van der Waals surface area contributed by atoms with E-state index in [-0.39, 0.29) is 11.9 Å². The van der Waals surface area contributed by atoms with E-state index in [1.807, 2.05) is 0 Å². The highest BCUT2D eigenvalue weighted by atomic mass is 31.3. The van der Waals surface area contributed by atoms with Crippen molar-refractivity contribution in [3.05, 3.63) is 0 Å². The number of hydrogen-bond acceptors (Lipinski definition) is 5. The van der Waals surface area contributed by atoms with E-state index in [0.717, 1.165) is 0 Å². The van der Waals surface area contributed by atoms with Crippen molar-refractivity contribution in [3.63, 3.8) is 0 Å². The predicted octanol–water partition coefficient (Wildman–Crippen LogP) is -3.13. The summed E-state index contributed by atoms with van der Waals surface area (Å²) in [5.41, 5.74) is 17.9. The first-order valence-electron chi connectivity index (χ1n) is 3.18. The molecule has 14 N–H and O–H groups in total. The predicted molar refractivity (Wildman–Crippen MR) is 57.4 cm³/mol. The summed E-state index contributed by atoms with van der Waals surface area (Å²) < 4.78 is 22.2. The number of nitrogens with one attached hydrogen (secondary N) is 2. The van der Waals surface area contributed by atoms with E-state index in [1.165, 1.54) is 0 Å². The van der Waals surface area contributed by atoms with Gasteiger partial charge in [0, 0.05) is 0 Å². The minimum absolute atomic E-state index is 0.333. The first kappa shape index (κ1) is 21.1. The van der Waals surface area contributed by atoms with Crippen molar-refractivity contribution in [2.75, 3.05) is 0 Å². The molecule has 13 nitrogen and oxygen atoms in total. The van der Waals surface area contributed by atoms with Crippen LogP contribution in [0.25, 0.3) is 0 Å². The molecule has 104 valence electrons. The van der Waals surface area contributed by atoms with Crippen LogP contribution in [0.1, 0.15) is 0 Å². The summed E-state index contributed by atoms with van der Waals surface area (Å²) in [5, 5.41) is 12.1. The van der Waals surface area contributed by atoms with Gasteiger partial charge in [-0.25, -0.2) is 9.13 Å². The largest absolute Gasteiger partial charge is 0.478 e. The Bertz CT molecular complexity index is 291. The van der Waals surface area contributed by atoms with Gasteiger partial charge in [-0.05, 0) is 0 Å². The zero-order valence-corrected chi connectivity index (χ0v) is 10.0. The van der Waals surface area contributed by atoms with Crippen LogP contribution in [0.4, 0.5) is 0 Å². The molecular weight excluding hydrogens is 282 g/mol. The molecule has 0 aliphatic heterocycles. The van der Waals surface area contributed by atoms with Crippen molar-refractivity contribution in [1.29, 1.82) is 10.8 Å². The monoisotopic (exact) mass is 296 g/mol. The van der Waals surface area contributed by atoms with Crippen molar-refractivity contribution >= 4 is 27.6 Å². The van der Waals surface area contributed by atoms with Crippen LogP contribution in [0.15, 0.2) is 0 Å². The van der Waals surface area contributed by atoms with E-state index in [2.05, 4.69) is 27.2 Å². The van der Waals surface area contributed by atoms with Gasteiger partial charge in [0.05, 0.1) is 0 Å². The molecule has 0 aliphatic rings. The fourth-order valence-corrected chi connectivity index (χ4v) is 1.25. The molecule has 15 heteroatoms. The topological polar surface area (TPSA) is 276 Å². The lowest BCUT2D eigenvalue weighted by Gasteiger charge is -2.03. The standard InChI is InChI=1S/2CH5N3.H4O7P2/c2*2-1(3)4;1-8(2,3)7-9(4,5)6/h2*(H5,2,3,4);(H2,1,2,3)(H2,4,5,6). The summed E-state index contributed by atoms with van der Waals surface area (Å²) in [6, 6.07) is 0. The number of nitrogens with two attached hydrogens (primary N) is 4. The fraction of sp³-hybridized carbons (Fsp3) is 0. The van der Waals surface area contributed by atoms with Gasteiger partial charge in [-0.2, -0.15) is 4.31 Å². The van der Waals surface area contributed by atoms with Crippen LogP contribution in [-0.4, -0.2) is 31.5 Å². The first-order valence-corrected chi connectivity index (χ1v) is 6.25. The second-order valence-corrected chi connectivity index (χ2v) is 4.59. The molecule has 0 radical (unpaired) electrons. The lowest BCUT2D eigenvalue weighted by Crippen LogP contribution is -2.20. The highest BCUT2D eigenvalue weighted by molar-refractivity contribution is 7.60. The normalized spacial score (nSPS) is 10.1. The summed E-state index contributed by atoms with van der Waals surface area (Å²) in [6.45, 7) is 0. The maximum Gasteiger partial charge on any atom is 0.478 e. The SMILES string of the molecule is N=C(N)N.N=C(N)N.O=P(O)(O)OP(=O)(O)O. The lowest BCUT2D eigenvalue weighted by atomic mass is 11.1. The number of guanidine groups is 2. The van der Waals surface area contributed by atoms with Crippen molar-refractivity contribution in [2.45, 2.75) is 0 Å². The lowest BCUT2D eigenvalue weighted by molar-refractivity contribution is 0.225. The third-order valence-corrected chi connectivity index (χ3v) is 1.91. The quantitative estimate of drug-likeness (QED) is 0.138. The van der Waals surface area contributed by atoms with Gasteiger partial charge in [0.1, 0.15) is 0 Å². The van der Waals surface area contributed by atoms with Gasteiger partial charge < -0.3 is 42.5 Å². The Morgan fingerprint density at radius 1 is 0.824 bits per heavy atom. The Hall–Kier alpha value is -1.20. The Kier molecular flexibility index (Phi) is 11.1. The van der Waals surface area contributed by atoms with Gasteiger partial charge in [-0.3, -0.25) is 10.8 Å². The Morgan fingerprint density at radius 3 is 0.941 bits per heavy atom. The third-order valence-electron chi connectivity index (χ3n) is 0.213. The smallest absolute Gasteiger partial charge is 0.370 e. The molecule has 0 spiro atoms. The summed E-state index contributed by atoms with van der Waals surface area (Å²) in [5.74, 6) is -0.667. The van der Waals surface area contributed by atoms with E-state index in [4.69, 9.17) is 30.4 Å². The fourth-order valence-electron chi connectivity index (χ4n) is 0.139. The van der Waals surface area contributed by atoms with E-state index in [1.54, 1.807) is 0 Å². The van der Waals surface area contributed by atoms with Crippen molar-refractivity contribution < 1.29 is 33.0 Å². The first-order chi connectivity index (χ1) is 7.17. The maximum atomic E-state index is 9.63. The molecule has 0 saturated carbocycles. The molecule has 0 rings (SSSR count). The van der Waals surface area contributed by atoms with Crippen molar-refractivity contribution in [1.82, 2.24) is 0 Å². The van der Waals surface area contributed by atoms with E-state index in [0.29, 0.717) is 0 Å². The number of rotatable bonds is 2. The second kappa shape index (κ2) is 8.90. The molecular formula is C2H14N6O7P2. The molecule has 0 saturated heterocycles. The molecule has 0 atom stereocenters. The Balaban J connectivity index is -0.000000205. The van der Waals surface area contributed by atoms with Crippen LogP contribution >= 0.6 is 15.6 Å². The van der Waals surface area contributed by atoms with Crippen LogP contribution in [0.3, 0.4) is 0 Å². The van der Waals surface area contributed by atoms with E-state index in [9.17, 15) is 9.13 Å². The van der Waals surface area contributed by atoms with Crippen LogP contribution < -0.4 is 22.9 Å². The average Bonchev–Trinajstić information content (AvgIpc) is 1.70. The van der Waals surface area contributed by atoms with Crippen molar-refractivity contribution in [2.24, 2.45) is 22.9 Å². The summed E-state index contributed by atoms with van der Waals surface area (Å²) in [7, 11) is -10.1. The highest BCUT2D eigenvalue weighted by Gasteiger charge is 2.27. The van der Waals surface area contributed by atoms with Crippen LogP contribution in [-0.2, 0) is 13.4 Å². The van der Waals surface area contributed by atoms with Crippen LogP contribution in [0, 0.1) is 10.8 Å². The van der Waals surface area contributed by atoms with Gasteiger partial charge in [0.25, 0.3) is 0 Å². The molecule has 0 aromatic heterocycles. The summed E-state index contributed by atoms with van der Waals surface area (Å²) in [4.78, 5) is 31.0. The zero-order valence-electron chi connectivity index (χ0n) is 8.22. The zero-order chi connectivity index (χ0) is 14.9. The van der Waals surface area contributed by atoms with Crippen molar-refractivity contribution in [3.8, 4) is 0 Å². The van der Waals surface area contributed by atoms with Gasteiger partial charge in [-0.1, -0.05) is 0 Å². The van der Waals surface area contributed by atoms with Crippen LogP contribution in [0.5, 0.6) is 0 Å². The molecule has 0 amide bonds. The van der Waals surface area contributed by atoms with E-state index >= 15 is 0 Å². The molecule has 0 fully saturated rings. The number of phosphoric acid groups is 2. The second-order valence-electron chi connectivity index (χ2n) is 1.97. The molecule has 0 aromatic carbocycles. The molecule has 0 heterocycles. The molecule has 0 unspecified atom stereocenters. The third kappa shape index (κ3) is 105. The Labute approximate surface area is 95.2 Å².